The van der Waals surface area contributed by atoms with Crippen molar-refractivity contribution in [3.05, 3.63) is 70.8 Å². The van der Waals surface area contributed by atoms with Crippen molar-refractivity contribution < 1.29 is 9.59 Å². The van der Waals surface area contributed by atoms with Crippen LogP contribution in [0.3, 0.4) is 0 Å². The van der Waals surface area contributed by atoms with Gasteiger partial charge in [-0.05, 0) is 36.3 Å². The number of nitrogens with two attached hydrogens (primary N) is 2. The van der Waals surface area contributed by atoms with E-state index in [1.54, 1.807) is 0 Å². The molecule has 4 N–H and O–H groups in total. The molecule has 0 saturated carbocycles. The summed E-state index contributed by atoms with van der Waals surface area (Å²) < 4.78 is 0. The molecule has 1 unspecified atom stereocenters. The van der Waals surface area contributed by atoms with Gasteiger partial charge >= 0.3 is 0 Å². The van der Waals surface area contributed by atoms with Crippen LogP contribution in [0.1, 0.15) is 84.8 Å². The Hall–Kier alpha value is -2.46. The van der Waals surface area contributed by atoms with Crippen molar-refractivity contribution in [2.24, 2.45) is 11.5 Å². The number of primary amides is 1. The maximum absolute atomic E-state index is 12.7. The van der Waals surface area contributed by atoms with Crippen LogP contribution in [0.2, 0.25) is 0 Å². The van der Waals surface area contributed by atoms with Gasteiger partial charge in [-0.3, -0.25) is 9.59 Å². The van der Waals surface area contributed by atoms with Crippen molar-refractivity contribution >= 4 is 11.7 Å². The minimum absolute atomic E-state index is 0.0198. The van der Waals surface area contributed by atoms with Crippen LogP contribution in [-0.2, 0) is 11.3 Å². The second kappa shape index (κ2) is 11.4. The van der Waals surface area contributed by atoms with Crippen LogP contribution in [-0.4, -0.2) is 11.7 Å². The van der Waals surface area contributed by atoms with Gasteiger partial charge < -0.3 is 11.5 Å². The molecule has 4 heteroatoms. The summed E-state index contributed by atoms with van der Waals surface area (Å²) in [5.74, 6) is 0.180. The van der Waals surface area contributed by atoms with Gasteiger partial charge in [0.1, 0.15) is 0 Å². The van der Waals surface area contributed by atoms with Crippen LogP contribution in [0.5, 0.6) is 0 Å². The molecule has 0 spiro atoms. The molecule has 4 nitrogen and oxygen atoms in total. The monoisotopic (exact) mass is 380 g/mol. The SMILES string of the molecule is CCCCCC(CCCC(N)=O)c1ccc(C(=O)c2ccc(CN)cc2)cc1. The first kappa shape index (κ1) is 21.8. The molecule has 2 aromatic carbocycles. The lowest BCUT2D eigenvalue weighted by Crippen LogP contribution is -2.11. The third-order valence-corrected chi connectivity index (χ3v) is 5.23. The lowest BCUT2D eigenvalue weighted by molar-refractivity contribution is -0.118. The van der Waals surface area contributed by atoms with E-state index in [1.165, 1.54) is 24.8 Å². The van der Waals surface area contributed by atoms with E-state index in [0.717, 1.165) is 24.8 Å². The molecular formula is C24H32N2O2. The van der Waals surface area contributed by atoms with Crippen LogP contribution in [0.25, 0.3) is 0 Å². The molecule has 0 bridgehead atoms. The van der Waals surface area contributed by atoms with E-state index in [4.69, 9.17) is 11.5 Å². The highest BCUT2D eigenvalue weighted by Gasteiger charge is 2.14. The summed E-state index contributed by atoms with van der Waals surface area (Å²) in [6.45, 7) is 2.67. The van der Waals surface area contributed by atoms with Crippen LogP contribution in [0.4, 0.5) is 0 Å². The minimum atomic E-state index is -0.242. The Bertz CT molecular complexity index is 751. The second-order valence-electron chi connectivity index (χ2n) is 7.40. The summed E-state index contributed by atoms with van der Waals surface area (Å²) >= 11 is 0. The van der Waals surface area contributed by atoms with E-state index in [2.05, 4.69) is 19.1 Å². The Morgan fingerprint density at radius 2 is 1.43 bits per heavy atom. The fraction of sp³-hybridized carbons (Fsp3) is 0.417. The lowest BCUT2D eigenvalue weighted by atomic mass is 9.87. The van der Waals surface area contributed by atoms with Crippen LogP contribution in [0, 0.1) is 0 Å². The molecule has 0 aliphatic heterocycles. The van der Waals surface area contributed by atoms with Crippen molar-refractivity contribution in [1.29, 1.82) is 0 Å². The molecule has 2 aromatic rings. The van der Waals surface area contributed by atoms with Gasteiger partial charge in [0, 0.05) is 24.1 Å². The maximum atomic E-state index is 12.7. The molecule has 0 aliphatic carbocycles. The highest BCUT2D eigenvalue weighted by Crippen LogP contribution is 2.28. The zero-order chi connectivity index (χ0) is 20.4. The molecule has 0 saturated heterocycles. The first-order valence-electron chi connectivity index (χ1n) is 10.3. The Balaban J connectivity index is 2.08. The predicted octanol–water partition coefficient (Wildman–Crippen LogP) is 4.70. The van der Waals surface area contributed by atoms with Crippen molar-refractivity contribution in [2.75, 3.05) is 0 Å². The molecule has 28 heavy (non-hydrogen) atoms. The van der Waals surface area contributed by atoms with Crippen molar-refractivity contribution in [3.8, 4) is 0 Å². The molecule has 0 fully saturated rings. The largest absolute Gasteiger partial charge is 0.370 e. The summed E-state index contributed by atoms with van der Waals surface area (Å²) in [4.78, 5) is 23.8. The highest BCUT2D eigenvalue weighted by atomic mass is 16.1. The van der Waals surface area contributed by atoms with E-state index in [9.17, 15) is 9.59 Å². The zero-order valence-electron chi connectivity index (χ0n) is 16.8. The highest BCUT2D eigenvalue weighted by molar-refractivity contribution is 6.09. The number of unbranched alkanes of at least 4 members (excludes halogenated alkanes) is 2. The van der Waals surface area contributed by atoms with Crippen molar-refractivity contribution in [3.63, 3.8) is 0 Å². The Morgan fingerprint density at radius 3 is 1.96 bits per heavy atom. The van der Waals surface area contributed by atoms with Gasteiger partial charge in [0.05, 0.1) is 0 Å². The van der Waals surface area contributed by atoms with Gasteiger partial charge in [-0.25, -0.2) is 0 Å². The number of amides is 1. The van der Waals surface area contributed by atoms with E-state index < -0.39 is 0 Å². The fourth-order valence-electron chi connectivity index (χ4n) is 3.51. The smallest absolute Gasteiger partial charge is 0.217 e. The topological polar surface area (TPSA) is 86.2 Å². The standard InChI is InChI=1S/C24H32N2O2/c1-2-3-4-6-19(7-5-8-23(26)27)20-13-15-22(16-14-20)24(28)21-11-9-18(17-25)10-12-21/h9-16,19H,2-8,17,25H2,1H3,(H2,26,27). The molecule has 1 atom stereocenters. The van der Waals surface area contributed by atoms with E-state index in [0.29, 0.717) is 30.0 Å². The molecule has 150 valence electrons. The molecule has 0 radical (unpaired) electrons. The number of hydrogen-bond donors (Lipinski definition) is 2. The fourth-order valence-corrected chi connectivity index (χ4v) is 3.51. The molecule has 0 aliphatic rings. The van der Waals surface area contributed by atoms with Crippen LogP contribution < -0.4 is 11.5 Å². The predicted molar refractivity (Wildman–Crippen MR) is 114 cm³/mol. The van der Waals surface area contributed by atoms with Crippen LogP contribution >= 0.6 is 0 Å². The molecular weight excluding hydrogens is 348 g/mol. The Labute approximate surface area is 168 Å². The first-order chi connectivity index (χ1) is 13.5. The Morgan fingerprint density at radius 1 is 0.857 bits per heavy atom. The molecule has 0 heterocycles. The number of benzene rings is 2. The van der Waals surface area contributed by atoms with Gasteiger partial charge in [-0.1, -0.05) is 74.7 Å². The van der Waals surface area contributed by atoms with Gasteiger partial charge in [0.2, 0.25) is 5.91 Å². The molecule has 0 aromatic heterocycles. The molecule has 1 amide bonds. The Kier molecular flexibility index (Phi) is 8.89. The van der Waals surface area contributed by atoms with Gasteiger partial charge in [-0.15, -0.1) is 0 Å². The van der Waals surface area contributed by atoms with Gasteiger partial charge in [0.15, 0.2) is 5.78 Å². The number of carbonyl (C=O) groups is 2. The van der Waals surface area contributed by atoms with Crippen molar-refractivity contribution in [2.45, 2.75) is 64.3 Å². The summed E-state index contributed by atoms with van der Waals surface area (Å²) in [6, 6.07) is 15.4. The van der Waals surface area contributed by atoms with Crippen molar-refractivity contribution in [1.82, 2.24) is 0 Å². The normalized spacial score (nSPS) is 11.9. The number of rotatable bonds is 12. The summed E-state index contributed by atoms with van der Waals surface area (Å²) in [5, 5.41) is 0. The maximum Gasteiger partial charge on any atom is 0.217 e. The van der Waals surface area contributed by atoms with Gasteiger partial charge in [-0.2, -0.15) is 0 Å². The zero-order valence-corrected chi connectivity index (χ0v) is 16.8. The van der Waals surface area contributed by atoms with E-state index in [-0.39, 0.29) is 11.7 Å². The van der Waals surface area contributed by atoms with Gasteiger partial charge in [0.25, 0.3) is 0 Å². The number of carbonyl (C=O) groups excluding carboxylic acids is 2. The quantitative estimate of drug-likeness (QED) is 0.413. The minimum Gasteiger partial charge on any atom is -0.370 e. The third-order valence-electron chi connectivity index (χ3n) is 5.23. The van der Waals surface area contributed by atoms with E-state index >= 15 is 0 Å². The number of hydrogen-bond acceptors (Lipinski definition) is 3. The first-order valence-corrected chi connectivity index (χ1v) is 10.3. The molecule has 2 rings (SSSR count). The van der Waals surface area contributed by atoms with Crippen LogP contribution in [0.15, 0.2) is 48.5 Å². The lowest BCUT2D eigenvalue weighted by Gasteiger charge is -2.17. The third kappa shape index (κ3) is 6.61. The van der Waals surface area contributed by atoms with E-state index in [1.807, 2.05) is 36.4 Å². The average Bonchev–Trinajstić information content (AvgIpc) is 2.72. The summed E-state index contributed by atoms with van der Waals surface area (Å²) in [6.07, 6.45) is 6.85. The average molecular weight is 381 g/mol. The summed E-state index contributed by atoms with van der Waals surface area (Å²) in [7, 11) is 0. The second-order valence-corrected chi connectivity index (χ2v) is 7.40. The summed E-state index contributed by atoms with van der Waals surface area (Å²) in [5.41, 5.74) is 14.5. The number of ketones is 1.